The van der Waals surface area contributed by atoms with Crippen LogP contribution in [0.4, 0.5) is 30.2 Å². The number of ether oxygens (including phenoxy) is 1. The lowest BCUT2D eigenvalue weighted by atomic mass is 10.0. The molecule has 1 aliphatic heterocycles. The normalized spacial score (nSPS) is 14.8. The van der Waals surface area contributed by atoms with Crippen molar-refractivity contribution in [3.8, 4) is 5.75 Å². The monoisotopic (exact) mass is 499 g/mol. The van der Waals surface area contributed by atoms with Crippen LogP contribution < -0.4 is 19.9 Å². The Morgan fingerprint density at radius 2 is 1.34 bits per heavy atom. The maximum absolute atomic E-state index is 13.4. The maximum atomic E-state index is 13.4. The number of para-hydroxylation sites is 2. The predicted octanol–water partition coefficient (Wildman–Crippen LogP) is 4.50. The molecule has 3 aromatic rings. The fourth-order valence-electron chi connectivity index (χ4n) is 3.49. The van der Waals surface area contributed by atoms with Crippen LogP contribution in [-0.4, -0.2) is 29.2 Å². The number of rotatable bonds is 5. The van der Waals surface area contributed by atoms with Gasteiger partial charge < -0.3 is 10.1 Å². The van der Waals surface area contributed by atoms with E-state index < -0.39 is 35.8 Å². The minimum absolute atomic E-state index is 0.0944. The summed E-state index contributed by atoms with van der Waals surface area (Å²) in [5, 5.41) is 2.20. The zero-order valence-electron chi connectivity index (χ0n) is 17.7. The second-order valence-corrected chi connectivity index (χ2v) is 7.66. The molecule has 0 bridgehead atoms. The summed E-state index contributed by atoms with van der Waals surface area (Å²) in [6, 6.07) is 21.0. The molecule has 11 heteroatoms. The quantitative estimate of drug-likeness (QED) is 0.413. The molecule has 7 nitrogen and oxygen atoms in total. The van der Waals surface area contributed by atoms with Gasteiger partial charge in [0, 0.05) is 11.8 Å². The number of thiocarbonyl (C=S) groups is 1. The van der Waals surface area contributed by atoms with Crippen molar-refractivity contribution in [1.29, 1.82) is 0 Å². The largest absolute Gasteiger partial charge is 0.573 e. The summed E-state index contributed by atoms with van der Waals surface area (Å²) in [6.45, 7) is 0. The highest BCUT2D eigenvalue weighted by molar-refractivity contribution is 7.81. The van der Waals surface area contributed by atoms with E-state index in [0.717, 1.165) is 21.9 Å². The molecule has 1 N–H and O–H groups in total. The topological polar surface area (TPSA) is 79.0 Å². The summed E-state index contributed by atoms with van der Waals surface area (Å²) in [7, 11) is 0. The molecule has 1 fully saturated rings. The first-order valence-corrected chi connectivity index (χ1v) is 10.6. The molecule has 3 aromatic carbocycles. The van der Waals surface area contributed by atoms with E-state index >= 15 is 0 Å². The van der Waals surface area contributed by atoms with E-state index in [9.17, 15) is 27.6 Å². The van der Waals surface area contributed by atoms with Crippen LogP contribution in [0.15, 0.2) is 84.9 Å². The van der Waals surface area contributed by atoms with Crippen LogP contribution in [-0.2, 0) is 14.4 Å². The van der Waals surface area contributed by atoms with Crippen LogP contribution in [0, 0.1) is 5.92 Å². The number of nitrogens with one attached hydrogen (secondary N) is 1. The molecule has 1 aliphatic rings. The van der Waals surface area contributed by atoms with Crippen molar-refractivity contribution in [3.05, 3.63) is 84.9 Å². The third-order valence-electron chi connectivity index (χ3n) is 4.94. The van der Waals surface area contributed by atoms with Gasteiger partial charge in [-0.25, -0.2) is 0 Å². The van der Waals surface area contributed by atoms with Gasteiger partial charge in [0.1, 0.15) is 5.75 Å². The van der Waals surface area contributed by atoms with Crippen LogP contribution in [0.25, 0.3) is 0 Å². The second kappa shape index (κ2) is 9.55. The Morgan fingerprint density at radius 1 is 0.829 bits per heavy atom. The first-order chi connectivity index (χ1) is 16.7. The Hall–Kier alpha value is -4.25. The van der Waals surface area contributed by atoms with Crippen LogP contribution >= 0.6 is 12.2 Å². The van der Waals surface area contributed by atoms with Gasteiger partial charge in [0.25, 0.3) is 11.8 Å². The van der Waals surface area contributed by atoms with Gasteiger partial charge in [0.05, 0.1) is 11.4 Å². The molecule has 0 aliphatic carbocycles. The summed E-state index contributed by atoms with van der Waals surface area (Å²) in [5.74, 6) is -5.24. The number of benzene rings is 3. The van der Waals surface area contributed by atoms with Crippen LogP contribution in [0.2, 0.25) is 0 Å². The highest BCUT2D eigenvalue weighted by Crippen LogP contribution is 2.30. The Balaban J connectivity index is 1.69. The summed E-state index contributed by atoms with van der Waals surface area (Å²) < 4.78 is 41.5. The maximum Gasteiger partial charge on any atom is 0.573 e. The number of hydrogen-bond acceptors (Lipinski definition) is 5. The average molecular weight is 499 g/mol. The number of hydrogen-bond donors (Lipinski definition) is 1. The Kier molecular flexibility index (Phi) is 6.52. The van der Waals surface area contributed by atoms with Crippen LogP contribution in [0.1, 0.15) is 0 Å². The lowest BCUT2D eigenvalue weighted by Crippen LogP contribution is -2.62. The third-order valence-corrected chi connectivity index (χ3v) is 5.31. The molecule has 1 heterocycles. The van der Waals surface area contributed by atoms with E-state index in [-0.39, 0.29) is 10.8 Å². The molecule has 0 atom stereocenters. The highest BCUT2D eigenvalue weighted by Gasteiger charge is 2.49. The molecule has 4 rings (SSSR count). The molecule has 0 radical (unpaired) electrons. The highest BCUT2D eigenvalue weighted by atomic mass is 32.1. The Morgan fingerprint density at radius 3 is 1.83 bits per heavy atom. The molecule has 35 heavy (non-hydrogen) atoms. The molecular weight excluding hydrogens is 483 g/mol. The standard InChI is InChI=1S/C24H16F3N3O4S/c25-24(26,27)34-18-13-7-8-15(14-18)28-20(31)19-21(32)29(16-9-3-1-4-10-16)23(35)30(22(19)33)17-11-5-2-6-12-17/h1-14,19H,(H,28,31). The van der Waals surface area contributed by atoms with E-state index in [1.54, 1.807) is 60.7 Å². The lowest BCUT2D eigenvalue weighted by molar-refractivity contribution is -0.274. The Bertz CT molecular complexity index is 1220. The number of carbonyl (C=O) groups excluding carboxylic acids is 3. The van der Waals surface area contributed by atoms with Gasteiger partial charge in [0.2, 0.25) is 5.91 Å². The van der Waals surface area contributed by atoms with Gasteiger partial charge in [-0.3, -0.25) is 24.2 Å². The van der Waals surface area contributed by atoms with E-state index in [2.05, 4.69) is 10.1 Å². The van der Waals surface area contributed by atoms with Crippen molar-refractivity contribution in [3.63, 3.8) is 0 Å². The van der Waals surface area contributed by atoms with Crippen molar-refractivity contribution < 1.29 is 32.3 Å². The zero-order valence-corrected chi connectivity index (χ0v) is 18.5. The first-order valence-electron chi connectivity index (χ1n) is 10.1. The van der Waals surface area contributed by atoms with Gasteiger partial charge in [-0.1, -0.05) is 42.5 Å². The number of halogens is 3. The first kappa shape index (κ1) is 23.9. The SMILES string of the molecule is O=C(Nc1cccc(OC(F)(F)F)c1)C1C(=O)N(c2ccccc2)C(=S)N(c2ccccc2)C1=O. The molecule has 1 saturated heterocycles. The van der Waals surface area contributed by atoms with Gasteiger partial charge in [-0.2, -0.15) is 0 Å². The van der Waals surface area contributed by atoms with E-state index in [0.29, 0.717) is 11.4 Å². The van der Waals surface area contributed by atoms with Crippen molar-refractivity contribution >= 4 is 52.1 Å². The number of alkyl halides is 3. The fraction of sp³-hybridized carbons (Fsp3) is 0.0833. The van der Waals surface area contributed by atoms with Crippen LogP contribution in [0.3, 0.4) is 0 Å². The molecule has 178 valence electrons. The summed E-state index contributed by atoms with van der Waals surface area (Å²) in [4.78, 5) is 42.0. The molecular formula is C24H16F3N3O4S. The number of amides is 3. The van der Waals surface area contributed by atoms with Crippen LogP contribution in [0.5, 0.6) is 5.75 Å². The number of nitrogens with zero attached hydrogens (tertiary/aromatic N) is 2. The second-order valence-electron chi connectivity index (χ2n) is 7.30. The fourth-order valence-corrected chi connectivity index (χ4v) is 3.88. The summed E-state index contributed by atoms with van der Waals surface area (Å²) in [6.07, 6.45) is -4.93. The minimum atomic E-state index is -4.93. The summed E-state index contributed by atoms with van der Waals surface area (Å²) >= 11 is 5.46. The van der Waals surface area contributed by atoms with Crippen molar-refractivity contribution in [1.82, 2.24) is 0 Å². The zero-order chi connectivity index (χ0) is 25.2. The van der Waals surface area contributed by atoms with Gasteiger partial charge in [0.15, 0.2) is 11.0 Å². The van der Waals surface area contributed by atoms with Crippen molar-refractivity contribution in [2.75, 3.05) is 15.1 Å². The smallest absolute Gasteiger partial charge is 0.406 e. The van der Waals surface area contributed by atoms with E-state index in [4.69, 9.17) is 12.2 Å². The summed E-state index contributed by atoms with van der Waals surface area (Å²) in [5.41, 5.74) is 0.589. The number of anilines is 3. The molecule has 0 aromatic heterocycles. The predicted molar refractivity (Wildman–Crippen MR) is 126 cm³/mol. The van der Waals surface area contributed by atoms with E-state index in [1.165, 1.54) is 12.1 Å². The molecule has 0 saturated carbocycles. The van der Waals surface area contributed by atoms with Gasteiger partial charge >= 0.3 is 6.36 Å². The lowest BCUT2D eigenvalue weighted by Gasteiger charge is -2.38. The average Bonchev–Trinajstić information content (AvgIpc) is 2.79. The Labute approximate surface area is 202 Å². The molecule has 0 spiro atoms. The van der Waals surface area contributed by atoms with Gasteiger partial charge in [-0.05, 0) is 48.6 Å². The van der Waals surface area contributed by atoms with Gasteiger partial charge in [-0.15, -0.1) is 13.2 Å². The molecule has 3 amide bonds. The van der Waals surface area contributed by atoms with Crippen molar-refractivity contribution in [2.24, 2.45) is 5.92 Å². The minimum Gasteiger partial charge on any atom is -0.406 e. The third kappa shape index (κ3) is 5.14. The molecule has 0 unspecified atom stereocenters. The van der Waals surface area contributed by atoms with Crippen molar-refractivity contribution in [2.45, 2.75) is 6.36 Å². The van der Waals surface area contributed by atoms with E-state index in [1.807, 2.05) is 0 Å². The number of carbonyl (C=O) groups is 3.